The summed E-state index contributed by atoms with van der Waals surface area (Å²) in [4.78, 5) is 1.47. The van der Waals surface area contributed by atoms with Crippen molar-refractivity contribution in [1.82, 2.24) is 5.32 Å². The molecule has 16 heavy (non-hydrogen) atoms. The van der Waals surface area contributed by atoms with E-state index in [4.69, 9.17) is 4.74 Å². The Morgan fingerprint density at radius 2 is 2.50 bits per heavy atom. The van der Waals surface area contributed by atoms with E-state index in [1.807, 2.05) is 11.3 Å². The van der Waals surface area contributed by atoms with Gasteiger partial charge < -0.3 is 10.1 Å². The molecule has 0 amide bonds. The van der Waals surface area contributed by atoms with E-state index in [9.17, 15) is 0 Å². The number of nitrogens with one attached hydrogen (secondary N) is 1. The molecule has 1 saturated heterocycles. The monoisotopic (exact) mass is 239 g/mol. The molecule has 2 unspecified atom stereocenters. The predicted octanol–water partition coefficient (Wildman–Crippen LogP) is 2.84. The molecule has 0 radical (unpaired) electrons. The highest BCUT2D eigenvalue weighted by Gasteiger charge is 2.18. The first-order chi connectivity index (χ1) is 7.88. The van der Waals surface area contributed by atoms with Crippen LogP contribution in [0.5, 0.6) is 0 Å². The summed E-state index contributed by atoms with van der Waals surface area (Å²) in [5, 5.41) is 5.57. The van der Waals surface area contributed by atoms with Crippen molar-refractivity contribution in [3.05, 3.63) is 22.4 Å². The molecule has 1 aliphatic rings. The second kappa shape index (κ2) is 6.38. The molecule has 1 fully saturated rings. The van der Waals surface area contributed by atoms with E-state index in [-0.39, 0.29) is 0 Å². The zero-order valence-corrected chi connectivity index (χ0v) is 10.8. The van der Waals surface area contributed by atoms with Gasteiger partial charge in [-0.15, -0.1) is 11.3 Å². The molecule has 1 aromatic rings. The van der Waals surface area contributed by atoms with Crippen LogP contribution in [0.1, 0.15) is 30.6 Å². The summed E-state index contributed by atoms with van der Waals surface area (Å²) in [6, 6.07) is 4.90. The number of likely N-dealkylation sites (N-methyl/N-ethyl adjacent to an activating group) is 1. The minimum Gasteiger partial charge on any atom is -0.378 e. The first kappa shape index (κ1) is 12.1. The van der Waals surface area contributed by atoms with E-state index in [2.05, 4.69) is 29.9 Å². The Morgan fingerprint density at radius 1 is 1.56 bits per heavy atom. The van der Waals surface area contributed by atoms with Crippen LogP contribution in [0.3, 0.4) is 0 Å². The second-order valence-electron chi connectivity index (χ2n) is 4.49. The Balaban J connectivity index is 1.80. The Hall–Kier alpha value is -0.380. The normalized spacial score (nSPS) is 23.2. The van der Waals surface area contributed by atoms with E-state index in [0.29, 0.717) is 12.1 Å². The number of hydrogen-bond donors (Lipinski definition) is 1. The zero-order chi connectivity index (χ0) is 11.2. The van der Waals surface area contributed by atoms with Gasteiger partial charge in [-0.25, -0.2) is 0 Å². The molecule has 2 atom stereocenters. The maximum Gasteiger partial charge on any atom is 0.0590 e. The minimum atomic E-state index is 0.478. The summed E-state index contributed by atoms with van der Waals surface area (Å²) in [5.74, 6) is 0. The molecule has 2 rings (SSSR count). The van der Waals surface area contributed by atoms with Gasteiger partial charge in [0.25, 0.3) is 0 Å². The standard InChI is InChI=1S/C13H21NOS/c1-14-11(10-13-6-4-8-16-13)9-12-5-2-3-7-15-12/h4,6,8,11-12,14H,2-3,5,7,9-10H2,1H3. The highest BCUT2D eigenvalue weighted by molar-refractivity contribution is 7.09. The molecule has 1 aromatic heterocycles. The van der Waals surface area contributed by atoms with Gasteiger partial charge in [0, 0.05) is 17.5 Å². The Morgan fingerprint density at radius 3 is 3.12 bits per heavy atom. The maximum atomic E-state index is 5.79. The van der Waals surface area contributed by atoms with E-state index >= 15 is 0 Å². The summed E-state index contributed by atoms with van der Waals surface area (Å²) in [6.07, 6.45) is 6.57. The van der Waals surface area contributed by atoms with Crippen molar-refractivity contribution in [2.75, 3.05) is 13.7 Å². The van der Waals surface area contributed by atoms with Crippen molar-refractivity contribution >= 4 is 11.3 Å². The van der Waals surface area contributed by atoms with E-state index in [0.717, 1.165) is 19.4 Å². The predicted molar refractivity (Wildman–Crippen MR) is 69.1 cm³/mol. The summed E-state index contributed by atoms with van der Waals surface area (Å²) < 4.78 is 5.79. The van der Waals surface area contributed by atoms with Crippen molar-refractivity contribution in [1.29, 1.82) is 0 Å². The van der Waals surface area contributed by atoms with Gasteiger partial charge in [0.1, 0.15) is 0 Å². The van der Waals surface area contributed by atoms with Gasteiger partial charge in [0.05, 0.1) is 6.10 Å². The smallest absolute Gasteiger partial charge is 0.0590 e. The highest BCUT2D eigenvalue weighted by atomic mass is 32.1. The van der Waals surface area contributed by atoms with Crippen molar-refractivity contribution in [3.8, 4) is 0 Å². The fourth-order valence-electron chi connectivity index (χ4n) is 2.29. The molecule has 0 saturated carbocycles. The van der Waals surface area contributed by atoms with Gasteiger partial charge in [0.2, 0.25) is 0 Å². The fraction of sp³-hybridized carbons (Fsp3) is 0.692. The third kappa shape index (κ3) is 3.58. The van der Waals surface area contributed by atoms with E-state index in [1.165, 1.54) is 24.1 Å². The molecular weight excluding hydrogens is 218 g/mol. The zero-order valence-electron chi connectivity index (χ0n) is 9.95. The van der Waals surface area contributed by atoms with Crippen molar-refractivity contribution in [2.24, 2.45) is 0 Å². The first-order valence-electron chi connectivity index (χ1n) is 6.19. The van der Waals surface area contributed by atoms with Gasteiger partial charge in [-0.3, -0.25) is 0 Å². The van der Waals surface area contributed by atoms with Gasteiger partial charge in [-0.2, -0.15) is 0 Å². The van der Waals surface area contributed by atoms with Gasteiger partial charge in [-0.1, -0.05) is 6.07 Å². The molecule has 0 bridgehead atoms. The molecule has 1 N–H and O–H groups in total. The van der Waals surface area contributed by atoms with Crippen LogP contribution in [0.25, 0.3) is 0 Å². The van der Waals surface area contributed by atoms with Crippen LogP contribution in [0.2, 0.25) is 0 Å². The van der Waals surface area contributed by atoms with Gasteiger partial charge >= 0.3 is 0 Å². The first-order valence-corrected chi connectivity index (χ1v) is 7.07. The van der Waals surface area contributed by atoms with Crippen LogP contribution in [-0.4, -0.2) is 25.8 Å². The van der Waals surface area contributed by atoms with Crippen molar-refractivity contribution < 1.29 is 4.74 Å². The summed E-state index contributed by atoms with van der Waals surface area (Å²) in [5.41, 5.74) is 0. The second-order valence-corrected chi connectivity index (χ2v) is 5.53. The summed E-state index contributed by atoms with van der Waals surface area (Å²) >= 11 is 1.85. The molecule has 0 spiro atoms. The molecule has 1 aliphatic heterocycles. The third-order valence-electron chi connectivity index (χ3n) is 3.26. The number of rotatable bonds is 5. The van der Waals surface area contributed by atoms with Gasteiger partial charge in [0.15, 0.2) is 0 Å². The molecule has 90 valence electrons. The largest absolute Gasteiger partial charge is 0.378 e. The maximum absolute atomic E-state index is 5.79. The molecule has 2 nitrogen and oxygen atoms in total. The van der Waals surface area contributed by atoms with Crippen LogP contribution in [0.15, 0.2) is 17.5 Å². The Labute approximate surface area is 102 Å². The lowest BCUT2D eigenvalue weighted by Gasteiger charge is -2.26. The van der Waals surface area contributed by atoms with E-state index < -0.39 is 0 Å². The lowest BCUT2D eigenvalue weighted by Crippen LogP contribution is -2.34. The molecule has 0 aliphatic carbocycles. The molecule has 0 aromatic carbocycles. The Kier molecular flexibility index (Phi) is 4.82. The molecule has 2 heterocycles. The average molecular weight is 239 g/mol. The van der Waals surface area contributed by atoms with Crippen molar-refractivity contribution in [2.45, 2.75) is 44.2 Å². The lowest BCUT2D eigenvalue weighted by molar-refractivity contribution is 0.00573. The van der Waals surface area contributed by atoms with E-state index in [1.54, 1.807) is 0 Å². The quantitative estimate of drug-likeness (QED) is 0.853. The number of thiophene rings is 1. The van der Waals surface area contributed by atoms with Crippen LogP contribution in [0, 0.1) is 0 Å². The number of hydrogen-bond acceptors (Lipinski definition) is 3. The Bertz CT molecular complexity index is 280. The summed E-state index contributed by atoms with van der Waals surface area (Å²) in [6.45, 7) is 0.958. The van der Waals surface area contributed by atoms with Gasteiger partial charge in [-0.05, 0) is 50.6 Å². The SMILES string of the molecule is CNC(Cc1cccs1)CC1CCCCO1. The van der Waals surface area contributed by atoms with Crippen LogP contribution in [0.4, 0.5) is 0 Å². The molecular formula is C13H21NOS. The lowest BCUT2D eigenvalue weighted by atomic mass is 9.99. The fourth-order valence-corrected chi connectivity index (χ4v) is 3.07. The highest BCUT2D eigenvalue weighted by Crippen LogP contribution is 2.19. The third-order valence-corrected chi connectivity index (χ3v) is 4.16. The topological polar surface area (TPSA) is 21.3 Å². The summed E-state index contributed by atoms with van der Waals surface area (Å²) in [7, 11) is 2.06. The molecule has 3 heteroatoms. The van der Waals surface area contributed by atoms with Crippen molar-refractivity contribution in [3.63, 3.8) is 0 Å². The number of ether oxygens (including phenoxy) is 1. The average Bonchev–Trinajstić information content (AvgIpc) is 2.82. The van der Waals surface area contributed by atoms with Crippen LogP contribution < -0.4 is 5.32 Å². The van der Waals surface area contributed by atoms with Crippen LogP contribution in [-0.2, 0) is 11.2 Å². The van der Waals surface area contributed by atoms with Crippen LogP contribution >= 0.6 is 11.3 Å². The minimum absolute atomic E-state index is 0.478.